The van der Waals surface area contributed by atoms with Crippen molar-refractivity contribution in [3.8, 4) is 0 Å². The zero-order valence-corrected chi connectivity index (χ0v) is 16.1. The van der Waals surface area contributed by atoms with Gasteiger partial charge in [-0.15, -0.1) is 24.8 Å². The molecule has 0 aromatic heterocycles. The summed E-state index contributed by atoms with van der Waals surface area (Å²) in [6.07, 6.45) is 4.48. The van der Waals surface area contributed by atoms with Crippen LogP contribution < -0.4 is 5.32 Å². The van der Waals surface area contributed by atoms with E-state index in [-0.39, 0.29) is 36.4 Å². The highest BCUT2D eigenvalue weighted by atomic mass is 79.9. The Morgan fingerprint density at radius 2 is 1.70 bits per heavy atom. The van der Waals surface area contributed by atoms with E-state index in [1.54, 1.807) is 0 Å². The number of hydrogen-bond donors (Lipinski definition) is 1. The van der Waals surface area contributed by atoms with Crippen molar-refractivity contribution in [1.29, 1.82) is 0 Å². The molecule has 3 rings (SSSR count). The van der Waals surface area contributed by atoms with Gasteiger partial charge in [-0.05, 0) is 46.8 Å². The molecule has 1 aliphatic heterocycles. The Hall–Kier alpha value is 0.0600. The average molecular weight is 432 g/mol. The van der Waals surface area contributed by atoms with E-state index in [2.05, 4.69) is 26.1 Å². The lowest BCUT2D eigenvalue weighted by atomic mass is 9.89. The molecule has 2 aliphatic rings. The number of nitrogens with one attached hydrogen (secondary N) is 1. The molecule has 0 radical (unpaired) electrons. The van der Waals surface area contributed by atoms with Gasteiger partial charge in [-0.25, -0.2) is 8.78 Å². The molecule has 2 nitrogen and oxygen atoms in total. The van der Waals surface area contributed by atoms with E-state index in [9.17, 15) is 8.78 Å². The van der Waals surface area contributed by atoms with Crippen molar-refractivity contribution in [3.05, 3.63) is 33.8 Å². The van der Waals surface area contributed by atoms with Gasteiger partial charge in [0.1, 0.15) is 11.6 Å². The summed E-state index contributed by atoms with van der Waals surface area (Å²) in [6.45, 7) is 3.49. The minimum absolute atomic E-state index is 0. The van der Waals surface area contributed by atoms with Crippen molar-refractivity contribution < 1.29 is 8.78 Å². The highest BCUT2D eigenvalue weighted by Crippen LogP contribution is 2.42. The zero-order valence-electron chi connectivity index (χ0n) is 12.9. The standard InChI is InChI=1S/C16H21BrF2N2.2ClH/c17-12-5-6-13(18)14(15(12)19)16(11-3-1-2-4-11)21-9-7-20-8-10-21;;/h5-6,11,16,20H,1-4,7-10H2;2*1H/t16-;;/m1../s1. The lowest BCUT2D eigenvalue weighted by Gasteiger charge is -2.39. The van der Waals surface area contributed by atoms with Crippen LogP contribution in [0.3, 0.4) is 0 Å². The minimum atomic E-state index is -0.426. The Balaban J connectivity index is 0.00000132. The van der Waals surface area contributed by atoms with Crippen LogP contribution in [0.25, 0.3) is 0 Å². The SMILES string of the molecule is Cl.Cl.Fc1ccc(Br)c(F)c1[C@@H](C1CCCC1)N1CCNCC1. The van der Waals surface area contributed by atoms with Crippen molar-refractivity contribution in [2.45, 2.75) is 31.7 Å². The summed E-state index contributed by atoms with van der Waals surface area (Å²) < 4.78 is 29.3. The van der Waals surface area contributed by atoms with E-state index in [1.807, 2.05) is 0 Å². The van der Waals surface area contributed by atoms with Gasteiger partial charge < -0.3 is 5.32 Å². The van der Waals surface area contributed by atoms with E-state index in [0.717, 1.165) is 39.0 Å². The van der Waals surface area contributed by atoms with Crippen molar-refractivity contribution in [1.82, 2.24) is 10.2 Å². The highest BCUT2D eigenvalue weighted by Gasteiger charge is 2.35. The van der Waals surface area contributed by atoms with Crippen LogP contribution in [-0.4, -0.2) is 31.1 Å². The van der Waals surface area contributed by atoms with Gasteiger partial charge in [0.2, 0.25) is 0 Å². The second kappa shape index (κ2) is 9.52. The fourth-order valence-corrected chi connectivity index (χ4v) is 4.11. The van der Waals surface area contributed by atoms with Gasteiger partial charge in [-0.2, -0.15) is 0 Å². The fourth-order valence-electron chi connectivity index (χ4n) is 3.76. The smallest absolute Gasteiger partial charge is 0.145 e. The van der Waals surface area contributed by atoms with Crippen LogP contribution in [-0.2, 0) is 0 Å². The summed E-state index contributed by atoms with van der Waals surface area (Å²) in [4.78, 5) is 2.26. The van der Waals surface area contributed by atoms with Gasteiger partial charge in [0.25, 0.3) is 0 Å². The van der Waals surface area contributed by atoms with Gasteiger partial charge in [0.05, 0.1) is 4.47 Å². The molecule has 1 aromatic carbocycles. The van der Waals surface area contributed by atoms with Gasteiger partial charge in [-0.1, -0.05) is 12.8 Å². The maximum atomic E-state index is 14.6. The molecule has 7 heteroatoms. The molecule has 132 valence electrons. The number of nitrogens with zero attached hydrogens (tertiary/aromatic N) is 1. The summed E-state index contributed by atoms with van der Waals surface area (Å²) in [5.74, 6) is -0.474. The quantitative estimate of drug-likeness (QED) is 0.697. The number of hydrogen-bond acceptors (Lipinski definition) is 2. The van der Waals surface area contributed by atoms with Gasteiger partial charge in [0.15, 0.2) is 0 Å². The van der Waals surface area contributed by atoms with Crippen molar-refractivity contribution in [2.75, 3.05) is 26.2 Å². The van der Waals surface area contributed by atoms with Gasteiger partial charge >= 0.3 is 0 Å². The molecule has 1 saturated carbocycles. The van der Waals surface area contributed by atoms with Crippen molar-refractivity contribution in [3.63, 3.8) is 0 Å². The Morgan fingerprint density at radius 1 is 1.09 bits per heavy atom. The Morgan fingerprint density at radius 3 is 2.30 bits per heavy atom. The van der Waals surface area contributed by atoms with Crippen LogP contribution in [0.2, 0.25) is 0 Å². The third-order valence-electron chi connectivity index (χ3n) is 4.77. The molecule has 1 N–H and O–H groups in total. The monoisotopic (exact) mass is 430 g/mol. The molecule has 1 saturated heterocycles. The van der Waals surface area contributed by atoms with Crippen LogP contribution in [0.5, 0.6) is 0 Å². The third kappa shape index (κ3) is 4.57. The molecule has 2 fully saturated rings. The predicted molar refractivity (Wildman–Crippen MR) is 97.7 cm³/mol. The summed E-state index contributed by atoms with van der Waals surface area (Å²) in [5.41, 5.74) is 0.262. The van der Waals surface area contributed by atoms with Crippen LogP contribution >= 0.6 is 40.7 Å². The number of benzene rings is 1. The van der Waals surface area contributed by atoms with E-state index >= 15 is 0 Å². The molecule has 23 heavy (non-hydrogen) atoms. The summed E-state index contributed by atoms with van der Waals surface area (Å²) in [6, 6.07) is 2.71. The minimum Gasteiger partial charge on any atom is -0.314 e. The first-order chi connectivity index (χ1) is 10.2. The summed E-state index contributed by atoms with van der Waals surface area (Å²) in [5, 5.41) is 3.31. The zero-order chi connectivity index (χ0) is 14.8. The molecule has 1 heterocycles. The van der Waals surface area contributed by atoms with E-state index in [1.165, 1.54) is 25.0 Å². The average Bonchev–Trinajstić information content (AvgIpc) is 3.02. The molecule has 1 aliphatic carbocycles. The van der Waals surface area contributed by atoms with E-state index < -0.39 is 11.6 Å². The molecular formula is C16H23BrCl2F2N2. The number of halogens is 5. The Labute approximate surface area is 157 Å². The number of rotatable bonds is 3. The first-order valence-electron chi connectivity index (χ1n) is 7.76. The maximum Gasteiger partial charge on any atom is 0.145 e. The highest BCUT2D eigenvalue weighted by molar-refractivity contribution is 9.10. The fraction of sp³-hybridized carbons (Fsp3) is 0.625. The Kier molecular flexibility index (Phi) is 8.73. The van der Waals surface area contributed by atoms with Crippen LogP contribution in [0.1, 0.15) is 37.3 Å². The van der Waals surface area contributed by atoms with E-state index in [0.29, 0.717) is 10.4 Å². The first kappa shape index (κ1) is 21.1. The lowest BCUT2D eigenvalue weighted by Crippen LogP contribution is -2.47. The molecular weight excluding hydrogens is 409 g/mol. The van der Waals surface area contributed by atoms with Crippen molar-refractivity contribution >= 4 is 40.7 Å². The van der Waals surface area contributed by atoms with Crippen LogP contribution in [0.15, 0.2) is 16.6 Å². The topological polar surface area (TPSA) is 15.3 Å². The molecule has 1 aromatic rings. The summed E-state index contributed by atoms with van der Waals surface area (Å²) in [7, 11) is 0. The lowest BCUT2D eigenvalue weighted by molar-refractivity contribution is 0.119. The number of piperazine rings is 1. The molecule has 0 unspecified atom stereocenters. The largest absolute Gasteiger partial charge is 0.314 e. The predicted octanol–water partition coefficient (Wildman–Crippen LogP) is 4.71. The van der Waals surface area contributed by atoms with Crippen LogP contribution in [0, 0.1) is 17.6 Å². The van der Waals surface area contributed by atoms with Crippen LogP contribution in [0.4, 0.5) is 8.78 Å². The second-order valence-corrected chi connectivity index (χ2v) is 6.89. The molecule has 1 atom stereocenters. The molecule has 0 spiro atoms. The molecule has 0 amide bonds. The normalized spacial score (nSPS) is 20.7. The Bertz CT molecular complexity index is 507. The first-order valence-corrected chi connectivity index (χ1v) is 8.56. The van der Waals surface area contributed by atoms with Gasteiger partial charge in [0, 0.05) is 37.8 Å². The summed E-state index contributed by atoms with van der Waals surface area (Å²) >= 11 is 3.21. The molecule has 0 bridgehead atoms. The van der Waals surface area contributed by atoms with Crippen molar-refractivity contribution in [2.24, 2.45) is 5.92 Å². The second-order valence-electron chi connectivity index (χ2n) is 6.03. The van der Waals surface area contributed by atoms with E-state index in [4.69, 9.17) is 0 Å². The third-order valence-corrected chi connectivity index (χ3v) is 5.38. The van der Waals surface area contributed by atoms with Gasteiger partial charge in [-0.3, -0.25) is 4.90 Å². The maximum absolute atomic E-state index is 14.6.